The summed E-state index contributed by atoms with van der Waals surface area (Å²) in [5.74, 6) is 0. The van der Waals surface area contributed by atoms with E-state index in [-0.39, 0.29) is 26.2 Å². The van der Waals surface area contributed by atoms with Gasteiger partial charge in [-0.05, 0) is 46.4 Å². The maximum absolute atomic E-state index is 4.64. The van der Waals surface area contributed by atoms with E-state index >= 15 is 0 Å². The van der Waals surface area contributed by atoms with Crippen molar-refractivity contribution in [1.29, 1.82) is 0 Å². The second kappa shape index (κ2) is 12.0. The molecule has 8 aromatic rings. The smallest absolute Gasteiger partial charge is 0.335 e. The summed E-state index contributed by atoms with van der Waals surface area (Å²) in [7, 11) is 0. The number of aromatic nitrogens is 2. The molecule has 6 aromatic carbocycles. The van der Waals surface area contributed by atoms with Crippen LogP contribution in [0.15, 0.2) is 146 Å². The van der Waals surface area contributed by atoms with Gasteiger partial charge in [-0.1, -0.05) is 48.5 Å². The first kappa shape index (κ1) is 26.9. The fourth-order valence-corrected chi connectivity index (χ4v) is 5.16. The first-order valence-corrected chi connectivity index (χ1v) is 13.4. The van der Waals surface area contributed by atoms with E-state index < -0.39 is 0 Å². The molecule has 39 heavy (non-hydrogen) atoms. The number of nitrogens with zero attached hydrogens (tertiary/aromatic N) is 2. The summed E-state index contributed by atoms with van der Waals surface area (Å²) in [5.41, 5.74) is 4.98. The summed E-state index contributed by atoms with van der Waals surface area (Å²) in [6.45, 7) is 0. The van der Waals surface area contributed by atoms with Crippen LogP contribution in [-0.4, -0.2) is 15.5 Å². The molecule has 0 saturated heterocycles. The summed E-state index contributed by atoms with van der Waals surface area (Å²) in [6, 6.07) is 47.2. The van der Waals surface area contributed by atoms with Gasteiger partial charge in [0.25, 0.3) is 0 Å². The van der Waals surface area contributed by atoms with Crippen LogP contribution < -0.4 is 0 Å². The van der Waals surface area contributed by atoms with Crippen LogP contribution in [0.3, 0.4) is 0 Å². The Labute approximate surface area is 252 Å². The van der Waals surface area contributed by atoms with Gasteiger partial charge in [-0.3, -0.25) is 0 Å². The van der Waals surface area contributed by atoms with Crippen LogP contribution in [0.4, 0.5) is 0 Å². The van der Waals surface area contributed by atoms with Gasteiger partial charge in [0.15, 0.2) is 0 Å². The topological polar surface area (TPSA) is 9.86 Å². The van der Waals surface area contributed by atoms with Crippen LogP contribution in [0.5, 0.6) is 0 Å². The zero-order chi connectivity index (χ0) is 25.9. The molecule has 0 saturated carbocycles. The van der Waals surface area contributed by atoms with Gasteiger partial charge in [0.1, 0.15) is 0 Å². The van der Waals surface area contributed by atoms with Gasteiger partial charge in [0.05, 0.1) is 11.0 Å². The van der Waals surface area contributed by atoms with Gasteiger partial charge in [0, 0.05) is 18.8 Å². The first-order chi connectivity index (χ1) is 18.8. The molecule has 4 heteroatoms. The predicted molar refractivity (Wildman–Crippen MR) is 165 cm³/mol. The number of rotatable bonds is 2. The zero-order valence-corrected chi connectivity index (χ0v) is 24.8. The third kappa shape index (κ3) is 5.30. The predicted octanol–water partition coefficient (Wildman–Crippen LogP) is 9.86. The van der Waals surface area contributed by atoms with Crippen molar-refractivity contribution in [3.05, 3.63) is 146 Å². The Balaban J connectivity index is 0.000000145. The molecule has 0 aliphatic rings. The molecule has 0 amide bonds. The van der Waals surface area contributed by atoms with Crippen molar-refractivity contribution >= 4 is 55.0 Å². The Hall–Kier alpha value is -3.65. The minimum absolute atomic E-state index is 0. The third-order valence-electron chi connectivity index (χ3n) is 6.96. The molecule has 2 nitrogen and oxygen atoms in total. The van der Waals surface area contributed by atoms with Gasteiger partial charge in [-0.25, -0.2) is 0 Å². The maximum atomic E-state index is 4.64. The van der Waals surface area contributed by atoms with Crippen molar-refractivity contribution in [2.24, 2.45) is 0 Å². The molecule has 0 spiro atoms. The average molecular weight is 602 g/mol. The Kier molecular flexibility index (Phi) is 8.31. The second-order valence-corrected chi connectivity index (χ2v) is 9.17. The molecule has 0 bridgehead atoms. The van der Waals surface area contributed by atoms with E-state index in [1.54, 1.807) is 0 Å². The summed E-state index contributed by atoms with van der Waals surface area (Å²) in [4.78, 5) is 0. The van der Waals surface area contributed by atoms with E-state index in [9.17, 15) is 0 Å². The Morgan fingerprint density at radius 2 is 0.821 bits per heavy atom. The molecule has 0 aliphatic heterocycles. The van der Waals surface area contributed by atoms with Crippen molar-refractivity contribution in [2.75, 3.05) is 6.38 Å². The molecule has 0 radical (unpaired) electrons. The standard InChI is InChI=1S/2C17H12N.CH3Cl.Zr/c2*1-2-7-15-12-16(11-14(15)6-1)18-10-9-13-5-3-4-8-17(13)18;1-2;/h2*1-12H;1H3;/q2*-1;;+2. The van der Waals surface area contributed by atoms with Gasteiger partial charge >= 0.3 is 26.2 Å². The summed E-state index contributed by atoms with van der Waals surface area (Å²) in [6.07, 6.45) is 5.75. The molecule has 0 N–H and O–H groups in total. The molecule has 0 fully saturated rings. The molecular weight excluding hydrogens is 575 g/mol. The van der Waals surface area contributed by atoms with Gasteiger partial charge in [-0.2, -0.15) is 0 Å². The zero-order valence-electron chi connectivity index (χ0n) is 21.6. The Bertz CT molecular complexity index is 1760. The van der Waals surface area contributed by atoms with Crippen LogP contribution >= 0.6 is 11.6 Å². The van der Waals surface area contributed by atoms with Crippen molar-refractivity contribution in [3.63, 3.8) is 0 Å². The SMILES string of the molecule is CCl.[Zr+2].c1ccc2[cH-]c(-n3ccc4ccccc43)cc2c1.c1ccc2[cH-]c(-n3ccc4ccccc43)cc2c1. The fraction of sp³-hybridized carbons (Fsp3) is 0.0286. The van der Waals surface area contributed by atoms with E-state index in [2.05, 4.69) is 167 Å². The van der Waals surface area contributed by atoms with E-state index in [0.29, 0.717) is 0 Å². The average Bonchev–Trinajstić information content (AvgIpc) is 3.77. The molecule has 0 unspecified atom stereocenters. The van der Waals surface area contributed by atoms with Crippen LogP contribution in [0.25, 0.3) is 54.7 Å². The van der Waals surface area contributed by atoms with Crippen LogP contribution in [0, 0.1) is 0 Å². The van der Waals surface area contributed by atoms with Crippen molar-refractivity contribution in [1.82, 2.24) is 9.13 Å². The number of hydrogen-bond acceptors (Lipinski definition) is 0. The number of halogens is 1. The monoisotopic (exact) mass is 600 g/mol. The Morgan fingerprint density at radius 3 is 1.23 bits per heavy atom. The molecule has 8 rings (SSSR count). The maximum Gasteiger partial charge on any atom is 2.00 e. The van der Waals surface area contributed by atoms with Gasteiger partial charge in [-0.15, -0.1) is 93.8 Å². The van der Waals surface area contributed by atoms with Crippen molar-refractivity contribution in [3.8, 4) is 11.4 Å². The Morgan fingerprint density at radius 1 is 0.462 bits per heavy atom. The summed E-state index contributed by atoms with van der Waals surface area (Å²) >= 11 is 4.64. The molecule has 0 aliphatic carbocycles. The van der Waals surface area contributed by atoms with Crippen LogP contribution in [0.1, 0.15) is 0 Å². The normalized spacial score (nSPS) is 10.6. The van der Waals surface area contributed by atoms with E-state index in [1.807, 2.05) is 0 Å². The molecule has 188 valence electrons. The number of benzene rings is 4. The first-order valence-electron chi connectivity index (χ1n) is 12.7. The van der Waals surface area contributed by atoms with Crippen LogP contribution in [0.2, 0.25) is 0 Å². The number of para-hydroxylation sites is 2. The number of fused-ring (bicyclic) bond motifs is 4. The van der Waals surface area contributed by atoms with Crippen molar-refractivity contribution in [2.45, 2.75) is 0 Å². The largest absolute Gasteiger partial charge is 2.00 e. The van der Waals surface area contributed by atoms with E-state index in [4.69, 9.17) is 0 Å². The van der Waals surface area contributed by atoms with E-state index in [0.717, 1.165) is 0 Å². The number of hydrogen-bond donors (Lipinski definition) is 0. The summed E-state index contributed by atoms with van der Waals surface area (Å²) < 4.78 is 4.49. The van der Waals surface area contributed by atoms with Gasteiger partial charge in [0.2, 0.25) is 0 Å². The quantitative estimate of drug-likeness (QED) is 0.138. The van der Waals surface area contributed by atoms with Crippen molar-refractivity contribution < 1.29 is 26.2 Å². The molecular formula is C35H27ClN2Zr. The van der Waals surface area contributed by atoms with E-state index in [1.165, 1.54) is 61.1 Å². The second-order valence-electron chi connectivity index (χ2n) is 9.17. The summed E-state index contributed by atoms with van der Waals surface area (Å²) in [5, 5.41) is 7.75. The molecule has 2 heterocycles. The van der Waals surface area contributed by atoms with Gasteiger partial charge < -0.3 is 9.13 Å². The minimum atomic E-state index is 0. The molecule has 2 aromatic heterocycles. The van der Waals surface area contributed by atoms with Crippen LogP contribution in [-0.2, 0) is 26.2 Å². The fourth-order valence-electron chi connectivity index (χ4n) is 5.16. The third-order valence-corrected chi connectivity index (χ3v) is 6.96. The molecule has 0 atom stereocenters. The number of alkyl halides is 1. The minimum Gasteiger partial charge on any atom is -0.335 e.